The van der Waals surface area contributed by atoms with Gasteiger partial charge in [0.05, 0.1) is 7.11 Å². The quantitative estimate of drug-likeness (QED) is 0.841. The van der Waals surface area contributed by atoms with Crippen molar-refractivity contribution >= 4 is 6.03 Å². The molecule has 1 unspecified atom stereocenters. The number of carbonyl (C=O) groups is 1. The lowest BCUT2D eigenvalue weighted by Crippen LogP contribution is -2.45. The predicted octanol–water partition coefficient (Wildman–Crippen LogP) is 1.86. The fourth-order valence-corrected chi connectivity index (χ4v) is 2.52. The van der Waals surface area contributed by atoms with Gasteiger partial charge in [0.25, 0.3) is 0 Å². The molecule has 2 N–H and O–H groups in total. The van der Waals surface area contributed by atoms with E-state index in [9.17, 15) is 4.79 Å². The summed E-state index contributed by atoms with van der Waals surface area (Å²) in [5.41, 5.74) is 0.916. The van der Waals surface area contributed by atoms with Crippen LogP contribution in [0.5, 0.6) is 5.75 Å². The lowest BCUT2D eigenvalue weighted by atomic mass is 10.1. The zero-order chi connectivity index (χ0) is 15.8. The normalized spacial score (nSPS) is 16.8. The second-order valence-electron chi connectivity index (χ2n) is 5.21. The zero-order valence-corrected chi connectivity index (χ0v) is 13.1. The molecule has 0 aromatic heterocycles. The first-order valence-corrected chi connectivity index (χ1v) is 7.52. The molecular weight excluding hydrogens is 284 g/mol. The Morgan fingerprint density at radius 3 is 2.73 bits per heavy atom. The average molecular weight is 308 g/mol. The molecule has 1 aliphatic rings. The Balaban J connectivity index is 1.86. The minimum atomic E-state index is -0.253. The summed E-state index contributed by atoms with van der Waals surface area (Å²) in [6.45, 7) is 1.78. The first-order chi connectivity index (χ1) is 10.7. The molecule has 22 heavy (non-hydrogen) atoms. The number of ether oxygens (including phenoxy) is 3. The number of hydrogen-bond acceptors (Lipinski definition) is 4. The Kier molecular flexibility index (Phi) is 6.48. The first-order valence-electron chi connectivity index (χ1n) is 7.52. The number of hydrogen-bond donors (Lipinski definition) is 2. The van der Waals surface area contributed by atoms with Gasteiger partial charge < -0.3 is 24.8 Å². The van der Waals surface area contributed by atoms with Crippen molar-refractivity contribution in [2.75, 3.05) is 34.0 Å². The molecule has 2 rings (SSSR count). The van der Waals surface area contributed by atoms with E-state index >= 15 is 0 Å². The molecule has 1 heterocycles. The number of amides is 2. The van der Waals surface area contributed by atoms with Crippen molar-refractivity contribution in [1.82, 2.24) is 10.6 Å². The van der Waals surface area contributed by atoms with Gasteiger partial charge in [-0.1, -0.05) is 18.2 Å². The maximum Gasteiger partial charge on any atom is 0.315 e. The molecule has 1 aromatic rings. The third-order valence-electron chi connectivity index (χ3n) is 3.77. The molecule has 6 heteroatoms. The van der Waals surface area contributed by atoms with Crippen LogP contribution < -0.4 is 15.4 Å². The van der Waals surface area contributed by atoms with Gasteiger partial charge in [-0.05, 0) is 18.9 Å². The molecular formula is C16H24N2O4. The van der Waals surface area contributed by atoms with E-state index in [0.29, 0.717) is 19.8 Å². The summed E-state index contributed by atoms with van der Waals surface area (Å²) in [6, 6.07) is 7.64. The van der Waals surface area contributed by atoms with Crippen LogP contribution >= 0.6 is 0 Å². The van der Waals surface area contributed by atoms with E-state index in [-0.39, 0.29) is 18.2 Å². The number of urea groups is 1. The summed E-state index contributed by atoms with van der Waals surface area (Å²) < 4.78 is 16.1. The van der Waals surface area contributed by atoms with E-state index in [2.05, 4.69) is 10.6 Å². The zero-order valence-electron chi connectivity index (χ0n) is 13.1. The van der Waals surface area contributed by atoms with Crippen molar-refractivity contribution in [2.45, 2.75) is 25.0 Å². The summed E-state index contributed by atoms with van der Waals surface area (Å²) in [4.78, 5) is 12.0. The van der Waals surface area contributed by atoms with E-state index in [1.165, 1.54) is 0 Å². The highest BCUT2D eigenvalue weighted by Gasteiger charge is 2.19. The molecule has 1 aliphatic heterocycles. The second-order valence-corrected chi connectivity index (χ2v) is 5.21. The minimum Gasteiger partial charge on any atom is -0.496 e. The van der Waals surface area contributed by atoms with Gasteiger partial charge in [-0.15, -0.1) is 0 Å². The highest BCUT2D eigenvalue weighted by Crippen LogP contribution is 2.26. The van der Waals surface area contributed by atoms with Gasteiger partial charge in [-0.2, -0.15) is 0 Å². The van der Waals surface area contributed by atoms with Crippen LogP contribution in [0.2, 0.25) is 0 Å². The van der Waals surface area contributed by atoms with E-state index in [1.54, 1.807) is 14.2 Å². The number of carbonyl (C=O) groups excluding carboxylic acids is 1. The molecule has 0 spiro atoms. The Bertz CT molecular complexity index is 475. The Labute approximate surface area is 131 Å². The molecule has 6 nitrogen and oxygen atoms in total. The molecule has 0 saturated carbocycles. The van der Waals surface area contributed by atoms with Gasteiger partial charge in [0.2, 0.25) is 0 Å². The second kappa shape index (κ2) is 8.60. The van der Waals surface area contributed by atoms with Crippen molar-refractivity contribution in [2.24, 2.45) is 0 Å². The van der Waals surface area contributed by atoms with Crippen LogP contribution in [0.25, 0.3) is 0 Å². The summed E-state index contributed by atoms with van der Waals surface area (Å²) in [7, 11) is 3.24. The van der Waals surface area contributed by atoms with Crippen LogP contribution in [-0.2, 0) is 9.47 Å². The molecule has 2 amide bonds. The summed E-state index contributed by atoms with van der Waals surface area (Å²) in [5.74, 6) is 0.751. The number of para-hydroxylation sites is 1. The van der Waals surface area contributed by atoms with Crippen LogP contribution in [0.3, 0.4) is 0 Å². The Morgan fingerprint density at radius 1 is 1.32 bits per heavy atom. The summed E-state index contributed by atoms with van der Waals surface area (Å²) >= 11 is 0. The van der Waals surface area contributed by atoms with Crippen molar-refractivity contribution < 1.29 is 19.0 Å². The molecule has 1 aromatic carbocycles. The van der Waals surface area contributed by atoms with Crippen LogP contribution in [-0.4, -0.2) is 46.1 Å². The minimum absolute atomic E-state index is 0.177. The molecule has 1 atom stereocenters. The van der Waals surface area contributed by atoms with E-state index in [0.717, 1.165) is 24.2 Å². The third-order valence-corrected chi connectivity index (χ3v) is 3.77. The highest BCUT2D eigenvalue weighted by atomic mass is 16.5. The van der Waals surface area contributed by atoms with Gasteiger partial charge in [-0.3, -0.25) is 0 Å². The number of nitrogens with one attached hydrogen (secondary N) is 2. The largest absolute Gasteiger partial charge is 0.496 e. The molecule has 122 valence electrons. The standard InChI is InChI=1S/C16H24N2O4/c1-20-14-6-4-3-5-13(14)15(21-2)11-17-16(19)18-12-7-9-22-10-8-12/h3-6,12,15H,7-11H2,1-2H3,(H2,17,18,19). The van der Waals surface area contributed by atoms with Gasteiger partial charge >= 0.3 is 6.03 Å². The molecule has 1 saturated heterocycles. The monoisotopic (exact) mass is 308 g/mol. The van der Waals surface area contributed by atoms with Gasteiger partial charge in [0.1, 0.15) is 11.9 Å². The van der Waals surface area contributed by atoms with E-state index in [4.69, 9.17) is 14.2 Å². The molecule has 0 bridgehead atoms. The van der Waals surface area contributed by atoms with Gasteiger partial charge in [0.15, 0.2) is 0 Å². The smallest absolute Gasteiger partial charge is 0.315 e. The van der Waals surface area contributed by atoms with Crippen molar-refractivity contribution in [1.29, 1.82) is 0 Å². The fraction of sp³-hybridized carbons (Fsp3) is 0.562. The highest BCUT2D eigenvalue weighted by molar-refractivity contribution is 5.74. The summed E-state index contributed by atoms with van der Waals surface area (Å²) in [6.07, 6.45) is 1.46. The number of benzene rings is 1. The summed E-state index contributed by atoms with van der Waals surface area (Å²) in [5, 5.41) is 5.82. The van der Waals surface area contributed by atoms with Crippen LogP contribution in [0.1, 0.15) is 24.5 Å². The fourth-order valence-electron chi connectivity index (χ4n) is 2.52. The van der Waals surface area contributed by atoms with Crippen LogP contribution in [0.15, 0.2) is 24.3 Å². The number of rotatable bonds is 6. The topological polar surface area (TPSA) is 68.8 Å². The Hall–Kier alpha value is -1.79. The van der Waals surface area contributed by atoms with Crippen molar-refractivity contribution in [3.05, 3.63) is 29.8 Å². The Morgan fingerprint density at radius 2 is 2.05 bits per heavy atom. The van der Waals surface area contributed by atoms with E-state index in [1.807, 2.05) is 24.3 Å². The number of methoxy groups -OCH3 is 2. The third kappa shape index (κ3) is 4.61. The van der Waals surface area contributed by atoms with Gasteiger partial charge in [-0.25, -0.2) is 4.79 Å². The first kappa shape index (κ1) is 16.6. The molecule has 1 fully saturated rings. The maximum atomic E-state index is 12.0. The molecule has 0 aliphatic carbocycles. The predicted molar refractivity (Wildman–Crippen MR) is 83.1 cm³/mol. The van der Waals surface area contributed by atoms with E-state index < -0.39 is 0 Å². The maximum absolute atomic E-state index is 12.0. The van der Waals surface area contributed by atoms with Crippen molar-refractivity contribution in [3.63, 3.8) is 0 Å². The lowest BCUT2D eigenvalue weighted by molar-refractivity contribution is 0.0789. The van der Waals surface area contributed by atoms with Gasteiger partial charge in [0, 0.05) is 38.5 Å². The van der Waals surface area contributed by atoms with Crippen molar-refractivity contribution in [3.8, 4) is 5.75 Å². The average Bonchev–Trinajstić information content (AvgIpc) is 2.56. The van der Waals surface area contributed by atoms with Crippen LogP contribution in [0, 0.1) is 0 Å². The lowest BCUT2D eigenvalue weighted by Gasteiger charge is -2.24. The van der Waals surface area contributed by atoms with Crippen LogP contribution in [0.4, 0.5) is 4.79 Å². The SMILES string of the molecule is COc1ccccc1C(CNC(=O)NC1CCOCC1)OC. The molecule has 0 radical (unpaired) electrons.